The molecule has 7 nitrogen and oxygen atoms in total. The van der Waals surface area contributed by atoms with Gasteiger partial charge in [-0.3, -0.25) is 10.1 Å². The molecule has 1 atom stereocenters. The fraction of sp³-hybridized carbons (Fsp3) is 0.214. The normalized spacial score (nSPS) is 10.9. The fourth-order valence-corrected chi connectivity index (χ4v) is 2.50. The molecule has 0 aromatic heterocycles. The topological polar surface area (TPSA) is 103 Å². The van der Waals surface area contributed by atoms with Crippen molar-refractivity contribution in [1.29, 1.82) is 0 Å². The van der Waals surface area contributed by atoms with Gasteiger partial charge in [0, 0.05) is 13.0 Å². The number of hydrogen-bond donors (Lipinski definition) is 3. The van der Waals surface area contributed by atoms with E-state index in [1.807, 2.05) is 0 Å². The van der Waals surface area contributed by atoms with Gasteiger partial charge in [-0.15, -0.1) is 6.42 Å². The SMILES string of the molecule is C#CC[S+]([O-])c1ccc(NC(C)=O)c(NC(=S)NC(=O)OC)c1. The summed E-state index contributed by atoms with van der Waals surface area (Å²) < 4.78 is 16.4. The van der Waals surface area contributed by atoms with Crippen molar-refractivity contribution in [3.05, 3.63) is 18.2 Å². The zero-order valence-corrected chi connectivity index (χ0v) is 14.1. The molecule has 0 spiro atoms. The second-order valence-electron chi connectivity index (χ2n) is 4.15. The Balaban J connectivity index is 3.05. The molecule has 0 radical (unpaired) electrons. The lowest BCUT2D eigenvalue weighted by atomic mass is 10.2. The summed E-state index contributed by atoms with van der Waals surface area (Å²) in [6.45, 7) is 1.35. The average Bonchev–Trinajstić information content (AvgIpc) is 2.48. The summed E-state index contributed by atoms with van der Waals surface area (Å²) in [5.74, 6) is 2.08. The Morgan fingerprint density at radius 2 is 2.09 bits per heavy atom. The quantitative estimate of drug-likeness (QED) is 0.430. The lowest BCUT2D eigenvalue weighted by Crippen LogP contribution is -2.34. The first-order valence-electron chi connectivity index (χ1n) is 6.26. The summed E-state index contributed by atoms with van der Waals surface area (Å²) >= 11 is 3.58. The molecule has 122 valence electrons. The number of nitrogens with one attached hydrogen (secondary N) is 3. The van der Waals surface area contributed by atoms with E-state index >= 15 is 0 Å². The zero-order chi connectivity index (χ0) is 17.4. The van der Waals surface area contributed by atoms with Crippen LogP contribution in [-0.2, 0) is 20.7 Å². The van der Waals surface area contributed by atoms with Crippen LogP contribution < -0.4 is 16.0 Å². The van der Waals surface area contributed by atoms with Gasteiger partial charge in [-0.05, 0) is 35.5 Å². The molecule has 23 heavy (non-hydrogen) atoms. The molecule has 0 saturated heterocycles. The number of methoxy groups -OCH3 is 1. The van der Waals surface area contributed by atoms with Crippen LogP contribution in [0, 0.1) is 12.3 Å². The van der Waals surface area contributed by atoms with Crippen LogP contribution >= 0.6 is 12.2 Å². The van der Waals surface area contributed by atoms with Gasteiger partial charge in [0.15, 0.2) is 15.8 Å². The number of terminal acetylenes is 1. The lowest BCUT2D eigenvalue weighted by molar-refractivity contribution is -0.114. The van der Waals surface area contributed by atoms with Crippen molar-refractivity contribution in [2.45, 2.75) is 11.8 Å². The van der Waals surface area contributed by atoms with Gasteiger partial charge in [0.25, 0.3) is 0 Å². The van der Waals surface area contributed by atoms with Crippen molar-refractivity contribution in [3.63, 3.8) is 0 Å². The molecule has 0 aliphatic rings. The standard InChI is InChI=1S/C14H15N3O4S2/c1-4-7-23(20)10-5-6-11(15-9(2)18)12(8-10)16-13(22)17-14(19)21-3/h1,5-6,8H,7H2,2-3H3,(H,15,18)(H2,16,17,19,22). The van der Waals surface area contributed by atoms with Gasteiger partial charge in [0.1, 0.15) is 0 Å². The first kappa shape index (κ1) is 18.8. The molecule has 3 N–H and O–H groups in total. The van der Waals surface area contributed by atoms with Crippen molar-refractivity contribution in [2.75, 3.05) is 23.5 Å². The van der Waals surface area contributed by atoms with Crippen LogP contribution in [0.3, 0.4) is 0 Å². The first-order valence-corrected chi connectivity index (χ1v) is 7.99. The minimum atomic E-state index is -1.39. The number of amides is 2. The molecule has 0 aliphatic heterocycles. The Hall–Kier alpha value is -2.28. The Labute approximate surface area is 142 Å². The average molecular weight is 353 g/mol. The third kappa shape index (κ3) is 6.15. The third-order valence-electron chi connectivity index (χ3n) is 2.43. The van der Waals surface area contributed by atoms with Crippen LogP contribution in [0.25, 0.3) is 0 Å². The van der Waals surface area contributed by atoms with Crippen LogP contribution in [0.2, 0.25) is 0 Å². The van der Waals surface area contributed by atoms with Crippen molar-refractivity contribution in [1.82, 2.24) is 5.32 Å². The summed E-state index contributed by atoms with van der Waals surface area (Å²) in [7, 11) is 1.20. The van der Waals surface area contributed by atoms with E-state index in [9.17, 15) is 14.1 Å². The van der Waals surface area contributed by atoms with E-state index in [0.29, 0.717) is 16.3 Å². The molecule has 2 amide bonds. The maximum absolute atomic E-state index is 12.0. The summed E-state index contributed by atoms with van der Waals surface area (Å²) in [4.78, 5) is 22.8. The minimum absolute atomic E-state index is 0.0386. The summed E-state index contributed by atoms with van der Waals surface area (Å²) in [5.41, 5.74) is 0.775. The largest absolute Gasteiger partial charge is 0.611 e. The maximum Gasteiger partial charge on any atom is 0.413 e. The van der Waals surface area contributed by atoms with Crippen molar-refractivity contribution >= 4 is 51.9 Å². The van der Waals surface area contributed by atoms with Crippen LogP contribution in [0.4, 0.5) is 16.2 Å². The molecular formula is C14H15N3O4S2. The summed E-state index contributed by atoms with van der Waals surface area (Å²) in [6, 6.07) is 4.68. The number of ether oxygens (including phenoxy) is 1. The number of benzene rings is 1. The van der Waals surface area contributed by atoms with Gasteiger partial charge in [0.05, 0.1) is 18.5 Å². The number of anilines is 2. The van der Waals surface area contributed by atoms with Crippen molar-refractivity contribution in [2.24, 2.45) is 0 Å². The number of carbonyl (C=O) groups excluding carboxylic acids is 2. The molecule has 0 saturated carbocycles. The lowest BCUT2D eigenvalue weighted by Gasteiger charge is -2.15. The number of rotatable bonds is 4. The van der Waals surface area contributed by atoms with E-state index in [1.165, 1.54) is 20.1 Å². The second-order valence-corrected chi connectivity index (χ2v) is 6.01. The van der Waals surface area contributed by atoms with E-state index in [0.717, 1.165) is 0 Å². The highest BCUT2D eigenvalue weighted by atomic mass is 32.2. The minimum Gasteiger partial charge on any atom is -0.611 e. The highest BCUT2D eigenvalue weighted by Gasteiger charge is 2.15. The maximum atomic E-state index is 12.0. The van der Waals surface area contributed by atoms with Crippen LogP contribution in [0.5, 0.6) is 0 Å². The van der Waals surface area contributed by atoms with Gasteiger partial charge >= 0.3 is 6.09 Å². The van der Waals surface area contributed by atoms with E-state index < -0.39 is 17.3 Å². The fourth-order valence-electron chi connectivity index (χ4n) is 1.52. The van der Waals surface area contributed by atoms with Gasteiger partial charge in [-0.25, -0.2) is 4.79 Å². The van der Waals surface area contributed by atoms with Crippen LogP contribution in [0.15, 0.2) is 23.1 Å². The number of thiocarbonyl (C=S) groups is 1. The predicted molar refractivity (Wildman–Crippen MR) is 92.6 cm³/mol. The first-order chi connectivity index (χ1) is 10.9. The highest BCUT2D eigenvalue weighted by Crippen LogP contribution is 2.26. The highest BCUT2D eigenvalue weighted by molar-refractivity contribution is 7.91. The molecule has 0 heterocycles. The van der Waals surface area contributed by atoms with Gasteiger partial charge < -0.3 is 19.9 Å². The van der Waals surface area contributed by atoms with E-state index in [1.54, 1.807) is 12.1 Å². The molecule has 1 unspecified atom stereocenters. The van der Waals surface area contributed by atoms with E-state index in [2.05, 4.69) is 26.6 Å². The Kier molecular flexibility index (Phi) is 7.34. The van der Waals surface area contributed by atoms with Crippen LogP contribution in [0.1, 0.15) is 6.92 Å². The van der Waals surface area contributed by atoms with Gasteiger partial charge in [0.2, 0.25) is 5.91 Å². The monoisotopic (exact) mass is 353 g/mol. The summed E-state index contributed by atoms with van der Waals surface area (Å²) in [6.07, 6.45) is 4.41. The Morgan fingerprint density at radius 3 is 2.65 bits per heavy atom. The molecule has 1 rings (SSSR count). The van der Waals surface area contributed by atoms with E-state index in [-0.39, 0.29) is 16.8 Å². The Morgan fingerprint density at radius 1 is 1.39 bits per heavy atom. The predicted octanol–water partition coefficient (Wildman–Crippen LogP) is 1.44. The molecule has 0 bridgehead atoms. The molecule has 1 aromatic carbocycles. The van der Waals surface area contributed by atoms with Crippen molar-refractivity contribution < 1.29 is 18.9 Å². The molecule has 1 aromatic rings. The van der Waals surface area contributed by atoms with Crippen LogP contribution in [-0.4, -0.2) is 34.5 Å². The molecule has 9 heteroatoms. The van der Waals surface area contributed by atoms with Crippen molar-refractivity contribution in [3.8, 4) is 12.3 Å². The third-order valence-corrected chi connectivity index (χ3v) is 3.84. The molecule has 0 fully saturated rings. The number of hydrogen-bond acceptors (Lipinski definition) is 5. The van der Waals surface area contributed by atoms with Gasteiger partial charge in [-0.1, -0.05) is 5.92 Å². The van der Waals surface area contributed by atoms with Gasteiger partial charge in [-0.2, -0.15) is 0 Å². The summed E-state index contributed by atoms with van der Waals surface area (Å²) in [5, 5.41) is 7.57. The Bertz CT molecular complexity index is 658. The second kappa shape index (κ2) is 8.99. The number of alkyl carbamates (subject to hydrolysis) is 1. The number of carbonyl (C=O) groups is 2. The smallest absolute Gasteiger partial charge is 0.413 e. The molecular weight excluding hydrogens is 338 g/mol. The van der Waals surface area contributed by atoms with E-state index in [4.69, 9.17) is 18.6 Å². The molecule has 0 aliphatic carbocycles. The zero-order valence-electron chi connectivity index (χ0n) is 12.5.